The number of nitrogens with two attached hydrogens (primary N) is 1. The molecule has 0 aliphatic rings. The highest BCUT2D eigenvalue weighted by atomic mass is 16.1. The lowest BCUT2D eigenvalue weighted by molar-refractivity contribution is -0.112. The fourth-order valence-electron chi connectivity index (χ4n) is 0.591. The molecule has 4 N–H and O–H groups in total. The Morgan fingerprint density at radius 1 is 1.36 bits per heavy atom. The molecule has 4 heteroatoms. The van der Waals surface area contributed by atoms with Crippen LogP contribution < -0.4 is 5.73 Å². The first-order valence-electron chi connectivity index (χ1n) is 3.07. The molecule has 0 unspecified atom stereocenters. The van der Waals surface area contributed by atoms with E-state index in [9.17, 15) is 4.79 Å². The number of amides is 1. The van der Waals surface area contributed by atoms with Gasteiger partial charge in [0.05, 0.1) is 0 Å². The third kappa shape index (κ3) is 3.30. The van der Waals surface area contributed by atoms with E-state index in [0.29, 0.717) is 11.3 Å². The van der Waals surface area contributed by atoms with E-state index in [4.69, 9.17) is 16.6 Å². The Bertz CT molecular complexity index is 240. The minimum Gasteiger partial charge on any atom is -0.364 e. The largest absolute Gasteiger partial charge is 0.364 e. The summed E-state index contributed by atoms with van der Waals surface area (Å²) in [5.41, 5.74) is 5.32. The van der Waals surface area contributed by atoms with Crippen LogP contribution in [0, 0.1) is 10.8 Å². The van der Waals surface area contributed by atoms with Crippen molar-refractivity contribution in [3.63, 3.8) is 0 Å². The average Bonchev–Trinajstić information content (AvgIpc) is 1.84. The van der Waals surface area contributed by atoms with Crippen molar-refractivity contribution in [2.45, 2.75) is 13.8 Å². The van der Waals surface area contributed by atoms with Crippen molar-refractivity contribution in [1.29, 1.82) is 10.8 Å². The number of primary amides is 1. The Balaban J connectivity index is 4.49. The van der Waals surface area contributed by atoms with Crippen LogP contribution >= 0.6 is 0 Å². The minimum absolute atomic E-state index is 0.239. The molecular weight excluding hydrogens is 142 g/mol. The topological polar surface area (TPSA) is 90.8 Å². The molecule has 0 saturated carbocycles. The maximum absolute atomic E-state index is 10.4. The van der Waals surface area contributed by atoms with Gasteiger partial charge in [0.1, 0.15) is 5.71 Å². The fourth-order valence-corrected chi connectivity index (χ4v) is 0.591. The number of carbonyl (C=O) groups excluding carboxylic acids is 1. The lowest BCUT2D eigenvalue weighted by atomic mass is 10.1. The molecule has 11 heavy (non-hydrogen) atoms. The molecule has 0 fully saturated rings. The summed E-state index contributed by atoms with van der Waals surface area (Å²) in [6, 6.07) is 0. The molecule has 0 aliphatic heterocycles. The second kappa shape index (κ2) is 3.65. The van der Waals surface area contributed by atoms with Gasteiger partial charge in [-0.15, -0.1) is 0 Å². The summed E-state index contributed by atoms with van der Waals surface area (Å²) in [6.07, 6.45) is 1.42. The SMILES string of the molecule is CC(=N)C=C(C)C(=N)C(N)=O. The molecule has 1 amide bonds. The van der Waals surface area contributed by atoms with Crippen LogP contribution in [0.15, 0.2) is 11.6 Å². The molecule has 4 nitrogen and oxygen atoms in total. The standard InChI is InChI=1S/C7H11N3O/c1-4(3-5(2)8)6(9)7(10)11/h3,8-9H,1-2H3,(H2,10,11). The van der Waals surface area contributed by atoms with E-state index in [2.05, 4.69) is 0 Å². The molecule has 0 aliphatic carbocycles. The molecule has 60 valence electrons. The van der Waals surface area contributed by atoms with Gasteiger partial charge in [-0.05, 0) is 25.5 Å². The maximum atomic E-state index is 10.4. The van der Waals surface area contributed by atoms with Gasteiger partial charge in [0, 0.05) is 5.71 Å². The van der Waals surface area contributed by atoms with Crippen LogP contribution in [-0.4, -0.2) is 17.3 Å². The van der Waals surface area contributed by atoms with Gasteiger partial charge >= 0.3 is 0 Å². The summed E-state index contributed by atoms with van der Waals surface area (Å²) >= 11 is 0. The van der Waals surface area contributed by atoms with Crippen LogP contribution in [0.25, 0.3) is 0 Å². The number of nitrogens with one attached hydrogen (secondary N) is 2. The molecule has 0 saturated heterocycles. The van der Waals surface area contributed by atoms with Gasteiger partial charge in [-0.1, -0.05) is 0 Å². The second-order valence-electron chi connectivity index (χ2n) is 2.25. The van der Waals surface area contributed by atoms with Crippen molar-refractivity contribution >= 4 is 17.3 Å². The summed E-state index contributed by atoms with van der Waals surface area (Å²) in [6.45, 7) is 3.14. The number of carbonyl (C=O) groups is 1. The zero-order valence-electron chi connectivity index (χ0n) is 6.56. The number of allylic oxidation sites excluding steroid dienone is 1. The van der Waals surface area contributed by atoms with E-state index in [0.717, 1.165) is 0 Å². The highest BCUT2D eigenvalue weighted by Crippen LogP contribution is 1.94. The molecule has 0 aromatic rings. The van der Waals surface area contributed by atoms with E-state index in [1.807, 2.05) is 0 Å². The van der Waals surface area contributed by atoms with Crippen molar-refractivity contribution in [2.24, 2.45) is 5.73 Å². The third-order valence-corrected chi connectivity index (χ3v) is 1.07. The maximum Gasteiger partial charge on any atom is 0.266 e. The smallest absolute Gasteiger partial charge is 0.266 e. The molecule has 0 radical (unpaired) electrons. The molecule has 0 rings (SSSR count). The minimum atomic E-state index is -0.764. The Morgan fingerprint density at radius 3 is 2.09 bits per heavy atom. The fraction of sp³-hybridized carbons (Fsp3) is 0.286. The molecule has 0 heterocycles. The lowest BCUT2D eigenvalue weighted by Gasteiger charge is -1.97. The van der Waals surface area contributed by atoms with Crippen LogP contribution in [0.4, 0.5) is 0 Å². The summed E-state index contributed by atoms with van der Waals surface area (Å²) < 4.78 is 0. The first-order valence-corrected chi connectivity index (χ1v) is 3.07. The van der Waals surface area contributed by atoms with E-state index in [1.54, 1.807) is 13.8 Å². The van der Waals surface area contributed by atoms with Crippen LogP contribution in [-0.2, 0) is 4.79 Å². The van der Waals surface area contributed by atoms with Crippen molar-refractivity contribution in [3.05, 3.63) is 11.6 Å². The monoisotopic (exact) mass is 153 g/mol. The van der Waals surface area contributed by atoms with Gasteiger partial charge in [-0.3, -0.25) is 10.2 Å². The summed E-state index contributed by atoms with van der Waals surface area (Å²) in [5.74, 6) is -0.764. The first kappa shape index (κ1) is 9.55. The Kier molecular flexibility index (Phi) is 3.17. The van der Waals surface area contributed by atoms with E-state index < -0.39 is 5.91 Å². The van der Waals surface area contributed by atoms with Crippen LogP contribution in [0.5, 0.6) is 0 Å². The van der Waals surface area contributed by atoms with Crippen molar-refractivity contribution in [1.82, 2.24) is 0 Å². The molecular formula is C7H11N3O. The normalized spacial score (nSPS) is 10.9. The zero-order chi connectivity index (χ0) is 9.02. The highest BCUT2D eigenvalue weighted by molar-refractivity contribution is 6.43. The summed E-state index contributed by atoms with van der Waals surface area (Å²) in [4.78, 5) is 10.4. The van der Waals surface area contributed by atoms with Crippen molar-refractivity contribution < 1.29 is 4.79 Å². The van der Waals surface area contributed by atoms with Crippen LogP contribution in [0.2, 0.25) is 0 Å². The first-order chi connectivity index (χ1) is 4.95. The van der Waals surface area contributed by atoms with Gasteiger partial charge in [-0.2, -0.15) is 0 Å². The average molecular weight is 153 g/mol. The Hall–Kier alpha value is -1.45. The number of hydrogen-bond donors (Lipinski definition) is 3. The van der Waals surface area contributed by atoms with Gasteiger partial charge < -0.3 is 11.1 Å². The predicted octanol–water partition coefficient (Wildman–Crippen LogP) is 0.477. The highest BCUT2D eigenvalue weighted by Gasteiger charge is 2.05. The Morgan fingerprint density at radius 2 is 1.82 bits per heavy atom. The predicted molar refractivity (Wildman–Crippen MR) is 44.1 cm³/mol. The van der Waals surface area contributed by atoms with E-state index in [1.165, 1.54) is 6.08 Å². The zero-order valence-corrected chi connectivity index (χ0v) is 6.56. The lowest BCUT2D eigenvalue weighted by Crippen LogP contribution is -2.23. The molecule has 0 bridgehead atoms. The quantitative estimate of drug-likeness (QED) is 0.505. The van der Waals surface area contributed by atoms with Gasteiger partial charge in [0.25, 0.3) is 5.91 Å². The van der Waals surface area contributed by atoms with Crippen molar-refractivity contribution in [2.75, 3.05) is 0 Å². The van der Waals surface area contributed by atoms with E-state index >= 15 is 0 Å². The molecule has 0 spiro atoms. The summed E-state index contributed by atoms with van der Waals surface area (Å²) in [5, 5.41) is 14.1. The third-order valence-electron chi connectivity index (χ3n) is 1.07. The van der Waals surface area contributed by atoms with E-state index in [-0.39, 0.29) is 5.71 Å². The van der Waals surface area contributed by atoms with Gasteiger partial charge in [0.2, 0.25) is 0 Å². The second-order valence-corrected chi connectivity index (χ2v) is 2.25. The van der Waals surface area contributed by atoms with Crippen LogP contribution in [0.3, 0.4) is 0 Å². The van der Waals surface area contributed by atoms with Gasteiger partial charge in [0.15, 0.2) is 0 Å². The van der Waals surface area contributed by atoms with Crippen molar-refractivity contribution in [3.8, 4) is 0 Å². The molecule has 0 aromatic heterocycles. The Labute approximate surface area is 65.1 Å². The van der Waals surface area contributed by atoms with Gasteiger partial charge in [-0.25, -0.2) is 0 Å². The van der Waals surface area contributed by atoms with Crippen LogP contribution in [0.1, 0.15) is 13.8 Å². The number of rotatable bonds is 3. The molecule has 0 atom stereocenters. The molecule has 0 aromatic carbocycles. The summed E-state index contributed by atoms with van der Waals surface area (Å²) in [7, 11) is 0. The number of hydrogen-bond acceptors (Lipinski definition) is 3.